The van der Waals surface area contributed by atoms with Gasteiger partial charge in [-0.25, -0.2) is 4.79 Å². The minimum absolute atomic E-state index is 0.691. The molecule has 0 aliphatic rings. The van der Waals surface area contributed by atoms with E-state index in [2.05, 4.69) is 0 Å². The summed E-state index contributed by atoms with van der Waals surface area (Å²) in [5.41, 5.74) is -2.63. The number of aliphatic carboxylic acids is 2. The topological polar surface area (TPSA) is 121 Å². The molecule has 0 fully saturated rings. The predicted octanol–water partition coefficient (Wildman–Crippen LogP) is 1.22. The molecule has 0 heterocycles. The third-order valence-electron chi connectivity index (χ3n) is 3.54. The summed E-state index contributed by atoms with van der Waals surface area (Å²) in [6.45, 7) is 5.69. The van der Waals surface area contributed by atoms with Gasteiger partial charge in [0.05, 0.1) is 12.8 Å². The molecule has 0 aliphatic carbocycles. The van der Waals surface area contributed by atoms with Crippen LogP contribution in [0.2, 0.25) is 18.1 Å². The first-order valence-electron chi connectivity index (χ1n) is 6.54. The summed E-state index contributed by atoms with van der Waals surface area (Å²) in [7, 11) is -2.26. The molecule has 0 saturated heterocycles. The Morgan fingerprint density at radius 2 is 1.45 bits per heavy atom. The highest BCUT2D eigenvalue weighted by Gasteiger charge is 2.43. The Labute approximate surface area is 118 Å². The Bertz CT molecular complexity index is 370. The molecule has 0 aromatic rings. The Hall–Kier alpha value is -1.41. The van der Waals surface area contributed by atoms with Gasteiger partial charge in [0.25, 0.3) is 14.3 Å². The Kier molecular flexibility index (Phi) is 6.87. The van der Waals surface area contributed by atoms with E-state index in [1.54, 1.807) is 0 Å². The highest BCUT2D eigenvalue weighted by Crippen LogP contribution is 2.24. The number of rotatable bonds is 9. The number of carbonyl (C=O) groups is 3. The zero-order chi connectivity index (χ0) is 16.0. The molecule has 20 heavy (non-hydrogen) atoms. The minimum atomic E-state index is -2.63. The quantitative estimate of drug-likeness (QED) is 0.547. The fourth-order valence-electron chi connectivity index (χ4n) is 1.95. The number of hydrogen-bond donors (Lipinski definition) is 3. The molecule has 0 aliphatic heterocycles. The van der Waals surface area contributed by atoms with Gasteiger partial charge in [0, 0.05) is 0 Å². The molecule has 7 nitrogen and oxygen atoms in total. The van der Waals surface area contributed by atoms with Crippen molar-refractivity contribution in [1.29, 1.82) is 0 Å². The fraction of sp³-hybridized carbons (Fsp3) is 0.750. The summed E-state index contributed by atoms with van der Waals surface area (Å²) in [6.07, 6.45) is -1.90. The maximum atomic E-state index is 11.8. The van der Waals surface area contributed by atoms with Gasteiger partial charge < -0.3 is 19.7 Å². The SMILES string of the molecule is CC[Si](CC)(CC)OC(=O)CC(O)(CC(=O)O)C(=O)O. The van der Waals surface area contributed by atoms with Gasteiger partial charge in [0.1, 0.15) is 0 Å². The molecule has 0 aromatic heterocycles. The van der Waals surface area contributed by atoms with Crippen LogP contribution < -0.4 is 0 Å². The fourth-order valence-corrected chi connectivity index (χ4v) is 4.43. The Morgan fingerprint density at radius 1 is 1.00 bits per heavy atom. The molecule has 0 bridgehead atoms. The molecule has 0 amide bonds. The van der Waals surface area contributed by atoms with Crippen molar-refractivity contribution in [3.05, 3.63) is 0 Å². The molecule has 3 N–H and O–H groups in total. The number of carboxylic acid groups (broad SMARTS) is 2. The Morgan fingerprint density at radius 3 is 1.75 bits per heavy atom. The van der Waals surface area contributed by atoms with E-state index in [0.29, 0.717) is 18.1 Å². The second kappa shape index (κ2) is 7.39. The molecule has 0 saturated carbocycles. The standard InChI is InChI=1S/C12H22O7Si/c1-4-20(5-2,6-3)19-10(15)8-12(18,11(16)17)7-9(13)14/h18H,4-8H2,1-3H3,(H,13,14)(H,16,17). The summed E-state index contributed by atoms with van der Waals surface area (Å²) in [6, 6.07) is 2.07. The van der Waals surface area contributed by atoms with Crippen molar-refractivity contribution in [3.63, 3.8) is 0 Å². The van der Waals surface area contributed by atoms with Gasteiger partial charge in [-0.3, -0.25) is 9.59 Å². The van der Waals surface area contributed by atoms with Gasteiger partial charge >= 0.3 is 11.9 Å². The van der Waals surface area contributed by atoms with Crippen molar-refractivity contribution in [2.24, 2.45) is 0 Å². The molecular weight excluding hydrogens is 284 g/mol. The molecule has 0 aromatic carbocycles. The van der Waals surface area contributed by atoms with Crippen LogP contribution in [0.4, 0.5) is 0 Å². The first-order chi connectivity index (χ1) is 9.14. The van der Waals surface area contributed by atoms with Crippen LogP contribution in [0.1, 0.15) is 33.6 Å². The van der Waals surface area contributed by atoms with Crippen LogP contribution in [0, 0.1) is 0 Å². The molecule has 0 rings (SSSR count). The van der Waals surface area contributed by atoms with E-state index in [-0.39, 0.29) is 0 Å². The van der Waals surface area contributed by atoms with Gasteiger partial charge in [0.15, 0.2) is 5.60 Å². The summed E-state index contributed by atoms with van der Waals surface area (Å²) in [5, 5.41) is 27.3. The van der Waals surface area contributed by atoms with Crippen LogP contribution in [-0.2, 0) is 18.8 Å². The number of aliphatic hydroxyl groups is 1. The number of hydrogen-bond acceptors (Lipinski definition) is 5. The lowest BCUT2D eigenvalue weighted by Crippen LogP contribution is -2.46. The van der Waals surface area contributed by atoms with E-state index >= 15 is 0 Å². The van der Waals surface area contributed by atoms with Crippen LogP contribution in [0.3, 0.4) is 0 Å². The van der Waals surface area contributed by atoms with Gasteiger partial charge in [-0.2, -0.15) is 0 Å². The second-order valence-corrected chi connectivity index (χ2v) is 9.49. The minimum Gasteiger partial charge on any atom is -0.519 e. The third kappa shape index (κ3) is 4.93. The van der Waals surface area contributed by atoms with E-state index in [1.807, 2.05) is 20.8 Å². The van der Waals surface area contributed by atoms with E-state index in [1.165, 1.54) is 0 Å². The summed E-state index contributed by atoms with van der Waals surface area (Å²) >= 11 is 0. The maximum absolute atomic E-state index is 11.8. The van der Waals surface area contributed by atoms with Crippen LogP contribution in [0.25, 0.3) is 0 Å². The van der Waals surface area contributed by atoms with Crippen LogP contribution in [0.5, 0.6) is 0 Å². The zero-order valence-electron chi connectivity index (χ0n) is 12.0. The van der Waals surface area contributed by atoms with Crippen LogP contribution in [0.15, 0.2) is 0 Å². The highest BCUT2D eigenvalue weighted by molar-refractivity contribution is 6.74. The van der Waals surface area contributed by atoms with Crippen molar-refractivity contribution < 1.29 is 34.1 Å². The normalized spacial score (nSPS) is 14.4. The molecule has 8 heteroatoms. The van der Waals surface area contributed by atoms with E-state index in [0.717, 1.165) is 0 Å². The largest absolute Gasteiger partial charge is 0.519 e. The molecule has 1 atom stereocenters. The zero-order valence-corrected chi connectivity index (χ0v) is 13.0. The molecular formula is C12H22O7Si. The van der Waals surface area contributed by atoms with Crippen LogP contribution >= 0.6 is 0 Å². The van der Waals surface area contributed by atoms with Crippen molar-refractivity contribution in [3.8, 4) is 0 Å². The average molecular weight is 306 g/mol. The first kappa shape index (κ1) is 18.6. The summed E-state index contributed by atoms with van der Waals surface area (Å²) in [4.78, 5) is 33.4. The highest BCUT2D eigenvalue weighted by atomic mass is 28.4. The monoisotopic (exact) mass is 306 g/mol. The van der Waals surface area contributed by atoms with Crippen molar-refractivity contribution in [2.45, 2.75) is 57.3 Å². The molecule has 0 spiro atoms. The van der Waals surface area contributed by atoms with Gasteiger partial charge in [-0.15, -0.1) is 0 Å². The van der Waals surface area contributed by atoms with Gasteiger partial charge in [-0.1, -0.05) is 20.8 Å². The lowest BCUT2D eigenvalue weighted by atomic mass is 9.96. The predicted molar refractivity (Wildman–Crippen MR) is 72.7 cm³/mol. The maximum Gasteiger partial charge on any atom is 0.336 e. The first-order valence-corrected chi connectivity index (χ1v) is 9.07. The van der Waals surface area contributed by atoms with Gasteiger partial charge in [-0.05, 0) is 18.1 Å². The second-order valence-electron chi connectivity index (χ2n) is 4.80. The van der Waals surface area contributed by atoms with Crippen molar-refractivity contribution in [2.75, 3.05) is 0 Å². The Balaban J connectivity index is 4.95. The number of carbonyl (C=O) groups excluding carboxylic acids is 1. The smallest absolute Gasteiger partial charge is 0.336 e. The summed E-state index contributed by atoms with van der Waals surface area (Å²) in [5.74, 6) is -4.09. The van der Waals surface area contributed by atoms with Crippen molar-refractivity contribution in [1.82, 2.24) is 0 Å². The van der Waals surface area contributed by atoms with Crippen LogP contribution in [-0.4, -0.2) is 47.1 Å². The van der Waals surface area contributed by atoms with E-state index in [9.17, 15) is 19.5 Å². The van der Waals surface area contributed by atoms with E-state index < -0.39 is 44.7 Å². The molecule has 0 radical (unpaired) electrons. The average Bonchev–Trinajstić information content (AvgIpc) is 2.34. The summed E-state index contributed by atoms with van der Waals surface area (Å²) < 4.78 is 5.40. The molecule has 116 valence electrons. The van der Waals surface area contributed by atoms with Gasteiger partial charge in [0.2, 0.25) is 0 Å². The lowest BCUT2D eigenvalue weighted by Gasteiger charge is -2.29. The molecule has 1 unspecified atom stereocenters. The lowest BCUT2D eigenvalue weighted by molar-refractivity contribution is -0.170. The number of carboxylic acids is 2. The van der Waals surface area contributed by atoms with Crippen molar-refractivity contribution >= 4 is 26.2 Å². The van der Waals surface area contributed by atoms with E-state index in [4.69, 9.17) is 14.6 Å². The third-order valence-corrected chi connectivity index (χ3v) is 8.07.